The Balaban J connectivity index is 2.20. The molecule has 0 spiro atoms. The summed E-state index contributed by atoms with van der Waals surface area (Å²) in [5, 5.41) is 0. The van der Waals surface area contributed by atoms with Crippen molar-refractivity contribution in [2.75, 3.05) is 19.6 Å². The fraction of sp³-hybridized carbons (Fsp3) is 0.556. The summed E-state index contributed by atoms with van der Waals surface area (Å²) in [6.45, 7) is 14.7. The minimum atomic E-state index is -0.0817. The second-order valence-corrected chi connectivity index (χ2v) is 10.2. The summed E-state index contributed by atoms with van der Waals surface area (Å²) in [7, 11) is 1.99. The molecule has 0 aliphatic heterocycles. The highest BCUT2D eigenvalue weighted by molar-refractivity contribution is 5.96. The summed E-state index contributed by atoms with van der Waals surface area (Å²) in [5.41, 5.74) is 2.95. The number of rotatable bonds is 10. The van der Waals surface area contributed by atoms with Crippen LogP contribution in [0.3, 0.4) is 0 Å². The highest BCUT2D eigenvalue weighted by Gasteiger charge is 2.24. The number of nitrogens with zero attached hydrogens (tertiary/aromatic N) is 3. The number of carbonyl (C=O) groups excluding carboxylic acids is 2. The molecule has 0 atom stereocenters. The van der Waals surface area contributed by atoms with Gasteiger partial charge < -0.3 is 14.4 Å². The third-order valence-electron chi connectivity index (χ3n) is 5.74. The number of aryl methyl sites for hydroxylation is 1. The molecule has 0 saturated carbocycles. The predicted octanol–water partition coefficient (Wildman–Crippen LogP) is 5.25. The lowest BCUT2D eigenvalue weighted by Gasteiger charge is -2.29. The fourth-order valence-corrected chi connectivity index (χ4v) is 3.72. The molecular formula is C27H41N3O2. The number of hydrogen-bond donors (Lipinski definition) is 0. The molecule has 2 rings (SSSR count). The van der Waals surface area contributed by atoms with Crippen molar-refractivity contribution in [3.63, 3.8) is 0 Å². The molecule has 1 aromatic carbocycles. The maximum absolute atomic E-state index is 13.3. The van der Waals surface area contributed by atoms with Gasteiger partial charge in [-0.2, -0.15) is 0 Å². The van der Waals surface area contributed by atoms with Crippen LogP contribution in [0.1, 0.15) is 76.0 Å². The van der Waals surface area contributed by atoms with Gasteiger partial charge in [0.25, 0.3) is 5.91 Å². The Morgan fingerprint density at radius 1 is 1.03 bits per heavy atom. The number of benzene rings is 1. The van der Waals surface area contributed by atoms with E-state index in [9.17, 15) is 9.59 Å². The molecule has 2 aromatic rings. The van der Waals surface area contributed by atoms with E-state index in [1.807, 2.05) is 59.1 Å². The summed E-state index contributed by atoms with van der Waals surface area (Å²) in [6.07, 6.45) is 3.96. The van der Waals surface area contributed by atoms with Crippen LogP contribution in [-0.4, -0.2) is 45.8 Å². The second-order valence-electron chi connectivity index (χ2n) is 10.2. The molecule has 1 heterocycles. The first kappa shape index (κ1) is 25.7. The summed E-state index contributed by atoms with van der Waals surface area (Å²) < 4.78 is 2.04. The highest BCUT2D eigenvalue weighted by atomic mass is 16.2. The lowest BCUT2D eigenvalue weighted by molar-refractivity contribution is -0.132. The number of carbonyl (C=O) groups is 2. The van der Waals surface area contributed by atoms with Crippen LogP contribution in [0.2, 0.25) is 0 Å². The van der Waals surface area contributed by atoms with Crippen molar-refractivity contribution in [2.45, 2.75) is 66.3 Å². The fourth-order valence-electron chi connectivity index (χ4n) is 3.72. The van der Waals surface area contributed by atoms with Crippen LogP contribution in [0.4, 0.5) is 0 Å². The molecule has 176 valence electrons. The van der Waals surface area contributed by atoms with E-state index < -0.39 is 0 Å². The minimum absolute atomic E-state index is 0.0000355. The van der Waals surface area contributed by atoms with Gasteiger partial charge in [0.05, 0.1) is 6.54 Å². The molecule has 5 heteroatoms. The lowest BCUT2D eigenvalue weighted by atomic mass is 9.86. The molecule has 0 radical (unpaired) electrons. The monoisotopic (exact) mass is 439 g/mol. The summed E-state index contributed by atoms with van der Waals surface area (Å²) in [4.78, 5) is 30.3. The zero-order valence-corrected chi connectivity index (χ0v) is 21.0. The Morgan fingerprint density at radius 3 is 2.19 bits per heavy atom. The van der Waals surface area contributed by atoms with Crippen molar-refractivity contribution < 1.29 is 9.59 Å². The molecule has 0 fully saturated rings. The van der Waals surface area contributed by atoms with Gasteiger partial charge in [0.1, 0.15) is 6.54 Å². The van der Waals surface area contributed by atoms with Gasteiger partial charge in [-0.15, -0.1) is 0 Å². The molecule has 0 aliphatic rings. The van der Waals surface area contributed by atoms with Crippen LogP contribution in [0.5, 0.6) is 0 Å². The summed E-state index contributed by atoms with van der Waals surface area (Å²) in [6, 6.07) is 11.9. The number of hydrogen-bond acceptors (Lipinski definition) is 2. The van der Waals surface area contributed by atoms with E-state index in [0.717, 1.165) is 18.5 Å². The average molecular weight is 440 g/mol. The topological polar surface area (TPSA) is 45.6 Å². The molecule has 0 unspecified atom stereocenters. The van der Waals surface area contributed by atoms with Gasteiger partial charge >= 0.3 is 0 Å². The van der Waals surface area contributed by atoms with E-state index in [1.54, 1.807) is 4.90 Å². The van der Waals surface area contributed by atoms with E-state index in [4.69, 9.17) is 0 Å². The van der Waals surface area contributed by atoms with E-state index >= 15 is 0 Å². The van der Waals surface area contributed by atoms with Crippen LogP contribution < -0.4 is 0 Å². The average Bonchev–Trinajstić information content (AvgIpc) is 3.13. The van der Waals surface area contributed by atoms with Crippen LogP contribution in [0.25, 0.3) is 0 Å². The number of amides is 2. The van der Waals surface area contributed by atoms with E-state index in [2.05, 4.69) is 41.5 Å². The first-order chi connectivity index (χ1) is 15.0. The van der Waals surface area contributed by atoms with Crippen molar-refractivity contribution in [1.29, 1.82) is 0 Å². The number of aromatic nitrogens is 1. The van der Waals surface area contributed by atoms with Gasteiger partial charge in [0, 0.05) is 37.6 Å². The SMILES string of the molecule is CCCCN(Cc1cccn1C)C(=O)CN(CC(C)C)C(=O)c1ccc(C(C)(C)C)cc1. The third-order valence-corrected chi connectivity index (χ3v) is 5.74. The Morgan fingerprint density at radius 2 is 1.69 bits per heavy atom. The van der Waals surface area contributed by atoms with Gasteiger partial charge in [-0.25, -0.2) is 0 Å². The molecule has 32 heavy (non-hydrogen) atoms. The Bertz CT molecular complexity index is 875. The van der Waals surface area contributed by atoms with Crippen LogP contribution >= 0.6 is 0 Å². The van der Waals surface area contributed by atoms with Crippen molar-refractivity contribution in [1.82, 2.24) is 14.4 Å². The molecule has 1 aromatic heterocycles. The largest absolute Gasteiger partial charge is 0.353 e. The van der Waals surface area contributed by atoms with Gasteiger partial charge in [0.15, 0.2) is 0 Å². The normalized spacial score (nSPS) is 11.6. The Labute approximate surface area is 194 Å². The molecule has 5 nitrogen and oxygen atoms in total. The Kier molecular flexibility index (Phi) is 9.11. The predicted molar refractivity (Wildman–Crippen MR) is 132 cm³/mol. The number of unbranched alkanes of at least 4 members (excludes halogenated alkanes) is 1. The molecule has 0 bridgehead atoms. The zero-order chi connectivity index (χ0) is 23.9. The maximum Gasteiger partial charge on any atom is 0.254 e. The van der Waals surface area contributed by atoms with Crippen LogP contribution in [-0.2, 0) is 23.8 Å². The van der Waals surface area contributed by atoms with Crippen molar-refractivity contribution >= 4 is 11.8 Å². The zero-order valence-electron chi connectivity index (χ0n) is 21.0. The van der Waals surface area contributed by atoms with Crippen molar-refractivity contribution in [2.24, 2.45) is 13.0 Å². The van der Waals surface area contributed by atoms with Gasteiger partial charge in [-0.3, -0.25) is 9.59 Å². The van der Waals surface area contributed by atoms with E-state index in [0.29, 0.717) is 25.2 Å². The van der Waals surface area contributed by atoms with Gasteiger partial charge in [-0.1, -0.05) is 60.1 Å². The quantitative estimate of drug-likeness (QED) is 0.508. The Hall–Kier alpha value is -2.56. The van der Waals surface area contributed by atoms with Crippen molar-refractivity contribution in [3.05, 3.63) is 59.4 Å². The van der Waals surface area contributed by atoms with E-state index in [1.165, 1.54) is 5.56 Å². The van der Waals surface area contributed by atoms with E-state index in [-0.39, 0.29) is 29.7 Å². The second kappa shape index (κ2) is 11.3. The molecule has 0 saturated heterocycles. The molecule has 2 amide bonds. The molecule has 0 N–H and O–H groups in total. The molecule has 0 aliphatic carbocycles. The third kappa shape index (κ3) is 7.25. The maximum atomic E-state index is 13.3. The molecular weight excluding hydrogens is 398 g/mol. The summed E-state index contributed by atoms with van der Waals surface area (Å²) >= 11 is 0. The lowest BCUT2D eigenvalue weighted by Crippen LogP contribution is -2.44. The first-order valence-corrected chi connectivity index (χ1v) is 11.8. The standard InChI is InChI=1S/C27H41N3O2/c1-8-9-17-29(19-24-11-10-16-28(24)7)25(31)20-30(18-21(2)3)26(32)22-12-14-23(15-13-22)27(4,5)6/h10-16,21H,8-9,17-20H2,1-7H3. The van der Waals surface area contributed by atoms with Gasteiger partial charge in [0.2, 0.25) is 5.91 Å². The van der Waals surface area contributed by atoms with Crippen LogP contribution in [0, 0.1) is 5.92 Å². The smallest absolute Gasteiger partial charge is 0.254 e. The minimum Gasteiger partial charge on any atom is -0.353 e. The highest BCUT2D eigenvalue weighted by Crippen LogP contribution is 2.22. The van der Waals surface area contributed by atoms with Crippen LogP contribution in [0.15, 0.2) is 42.6 Å². The first-order valence-electron chi connectivity index (χ1n) is 11.8. The van der Waals surface area contributed by atoms with Gasteiger partial charge in [-0.05, 0) is 47.6 Å². The summed E-state index contributed by atoms with van der Waals surface area (Å²) in [5.74, 6) is 0.194. The van der Waals surface area contributed by atoms with Crippen molar-refractivity contribution in [3.8, 4) is 0 Å².